The molecule has 6 nitrogen and oxygen atoms in total. The Hall–Kier alpha value is -2.85. The fourth-order valence-corrected chi connectivity index (χ4v) is 5.19. The highest BCUT2D eigenvalue weighted by atomic mass is 32.2. The molecular weight excluding hydrogens is 456 g/mol. The Morgan fingerprint density at radius 3 is 2.72 bits per heavy atom. The van der Waals surface area contributed by atoms with Gasteiger partial charge in [-0.05, 0) is 36.4 Å². The number of carbonyl (C=O) groups is 1. The molecule has 0 aliphatic carbocycles. The standard InChI is InChI=1S/C22H19F2N3O3S2/c1-12-9-18-20(32-12)21(29)27(14-4-6-15(30-2)7-5-14)22(26-18)31-11-19(28)25-17-8-3-13(23)10-16(17)24/h3-8,10,12H,9,11H2,1-2H3,(H,25,28). The van der Waals surface area contributed by atoms with Crippen molar-refractivity contribution >= 4 is 35.1 Å². The van der Waals surface area contributed by atoms with Crippen LogP contribution in [0.2, 0.25) is 0 Å². The molecule has 0 bridgehead atoms. The van der Waals surface area contributed by atoms with Gasteiger partial charge in [-0.2, -0.15) is 0 Å². The van der Waals surface area contributed by atoms with Gasteiger partial charge in [0.15, 0.2) is 5.16 Å². The SMILES string of the molecule is COc1ccc(-n2c(SCC(=O)Nc3ccc(F)cc3F)nc3c(c2=O)SC(C)C3)cc1. The molecule has 0 spiro atoms. The van der Waals surface area contributed by atoms with Crippen LogP contribution in [-0.4, -0.2) is 33.6 Å². The number of carbonyl (C=O) groups excluding carboxylic acids is 1. The van der Waals surface area contributed by atoms with Crippen LogP contribution in [0.25, 0.3) is 5.69 Å². The van der Waals surface area contributed by atoms with Crippen LogP contribution in [0.4, 0.5) is 14.5 Å². The summed E-state index contributed by atoms with van der Waals surface area (Å²) in [5.41, 5.74) is 1.00. The molecule has 2 aromatic carbocycles. The summed E-state index contributed by atoms with van der Waals surface area (Å²) in [5, 5.41) is 3.02. The monoisotopic (exact) mass is 475 g/mol. The minimum Gasteiger partial charge on any atom is -0.497 e. The zero-order valence-electron chi connectivity index (χ0n) is 17.2. The number of aromatic nitrogens is 2. The molecule has 1 unspecified atom stereocenters. The number of methoxy groups -OCH3 is 1. The molecule has 10 heteroatoms. The van der Waals surface area contributed by atoms with E-state index in [4.69, 9.17) is 4.74 Å². The summed E-state index contributed by atoms with van der Waals surface area (Å²) < 4.78 is 33.6. The third-order valence-electron chi connectivity index (χ3n) is 4.75. The first-order chi connectivity index (χ1) is 15.4. The molecule has 1 aromatic heterocycles. The van der Waals surface area contributed by atoms with E-state index in [0.717, 1.165) is 23.9 Å². The number of rotatable bonds is 6. The van der Waals surface area contributed by atoms with Crippen molar-refractivity contribution in [1.82, 2.24) is 9.55 Å². The maximum Gasteiger partial charge on any atom is 0.272 e. The third kappa shape index (κ3) is 4.66. The van der Waals surface area contributed by atoms with Gasteiger partial charge >= 0.3 is 0 Å². The van der Waals surface area contributed by atoms with Gasteiger partial charge in [0.2, 0.25) is 5.91 Å². The van der Waals surface area contributed by atoms with Gasteiger partial charge in [-0.25, -0.2) is 13.8 Å². The molecule has 166 valence electrons. The number of thioether (sulfide) groups is 2. The molecule has 1 N–H and O–H groups in total. The van der Waals surface area contributed by atoms with Gasteiger partial charge in [0.05, 0.1) is 34.8 Å². The number of anilines is 1. The van der Waals surface area contributed by atoms with Crippen molar-refractivity contribution in [2.24, 2.45) is 0 Å². The predicted molar refractivity (Wildman–Crippen MR) is 121 cm³/mol. The van der Waals surface area contributed by atoms with Crippen molar-refractivity contribution in [2.75, 3.05) is 18.2 Å². The third-order valence-corrected chi connectivity index (χ3v) is 6.90. The molecule has 0 fully saturated rings. The number of nitrogens with zero attached hydrogens (tertiary/aromatic N) is 2. The minimum absolute atomic E-state index is 0.110. The Kier molecular flexibility index (Phi) is 6.52. The van der Waals surface area contributed by atoms with Crippen molar-refractivity contribution in [2.45, 2.75) is 28.6 Å². The number of hydrogen-bond acceptors (Lipinski definition) is 6. The molecule has 0 saturated heterocycles. The van der Waals surface area contributed by atoms with Gasteiger partial charge in [0, 0.05) is 17.7 Å². The summed E-state index contributed by atoms with van der Waals surface area (Å²) in [7, 11) is 1.56. The second kappa shape index (κ2) is 9.33. The van der Waals surface area contributed by atoms with E-state index in [0.29, 0.717) is 39.7 Å². The lowest BCUT2D eigenvalue weighted by atomic mass is 10.2. The molecule has 1 aliphatic heterocycles. The lowest BCUT2D eigenvalue weighted by molar-refractivity contribution is -0.113. The number of nitrogens with one attached hydrogen (secondary N) is 1. The molecule has 0 radical (unpaired) electrons. The Morgan fingerprint density at radius 2 is 2.03 bits per heavy atom. The molecular formula is C22H19F2N3O3S2. The zero-order valence-corrected chi connectivity index (χ0v) is 18.9. The fraction of sp³-hybridized carbons (Fsp3) is 0.227. The molecule has 1 amide bonds. The Balaban J connectivity index is 1.62. The molecule has 32 heavy (non-hydrogen) atoms. The smallest absolute Gasteiger partial charge is 0.272 e. The topological polar surface area (TPSA) is 73.2 Å². The summed E-state index contributed by atoms with van der Waals surface area (Å²) >= 11 is 2.56. The summed E-state index contributed by atoms with van der Waals surface area (Å²) in [6, 6.07) is 9.89. The Bertz CT molecular complexity index is 1230. The number of fused-ring (bicyclic) bond motifs is 1. The summed E-state index contributed by atoms with van der Waals surface area (Å²) in [4.78, 5) is 30.9. The number of benzene rings is 2. The molecule has 2 heterocycles. The number of hydrogen-bond donors (Lipinski definition) is 1. The average molecular weight is 476 g/mol. The van der Waals surface area contributed by atoms with Gasteiger partial charge in [0.1, 0.15) is 17.4 Å². The van der Waals surface area contributed by atoms with Crippen molar-refractivity contribution < 1.29 is 18.3 Å². The summed E-state index contributed by atoms with van der Waals surface area (Å²) in [6.45, 7) is 2.03. The minimum atomic E-state index is -0.861. The van der Waals surface area contributed by atoms with E-state index in [2.05, 4.69) is 10.3 Å². The Labute approximate surface area is 191 Å². The van der Waals surface area contributed by atoms with Gasteiger partial charge in [-0.1, -0.05) is 18.7 Å². The van der Waals surface area contributed by atoms with Gasteiger partial charge < -0.3 is 10.1 Å². The van der Waals surface area contributed by atoms with E-state index in [1.165, 1.54) is 16.3 Å². The highest BCUT2D eigenvalue weighted by molar-refractivity contribution is 8.00. The van der Waals surface area contributed by atoms with Crippen molar-refractivity contribution in [3.63, 3.8) is 0 Å². The normalized spacial score (nSPS) is 14.8. The van der Waals surface area contributed by atoms with Crippen LogP contribution in [0, 0.1) is 11.6 Å². The van der Waals surface area contributed by atoms with Crippen molar-refractivity contribution in [1.29, 1.82) is 0 Å². The lowest BCUT2D eigenvalue weighted by Gasteiger charge is -2.14. The van der Waals surface area contributed by atoms with E-state index in [9.17, 15) is 18.4 Å². The molecule has 4 rings (SSSR count). The van der Waals surface area contributed by atoms with Crippen LogP contribution < -0.4 is 15.6 Å². The van der Waals surface area contributed by atoms with Crippen molar-refractivity contribution in [3.05, 3.63) is 70.1 Å². The number of ether oxygens (including phenoxy) is 1. The molecule has 1 aliphatic rings. The highest BCUT2D eigenvalue weighted by Crippen LogP contribution is 2.35. The highest BCUT2D eigenvalue weighted by Gasteiger charge is 2.27. The quantitative estimate of drug-likeness (QED) is 0.424. The van der Waals surface area contributed by atoms with E-state index < -0.39 is 17.5 Å². The first kappa shape index (κ1) is 22.3. The van der Waals surface area contributed by atoms with Crippen LogP contribution in [0.1, 0.15) is 12.6 Å². The van der Waals surface area contributed by atoms with Gasteiger partial charge in [-0.15, -0.1) is 11.8 Å². The van der Waals surface area contributed by atoms with E-state index >= 15 is 0 Å². The van der Waals surface area contributed by atoms with Crippen LogP contribution in [0.3, 0.4) is 0 Å². The molecule has 0 saturated carbocycles. The maximum atomic E-state index is 13.8. The van der Waals surface area contributed by atoms with Crippen LogP contribution in [0.5, 0.6) is 5.75 Å². The van der Waals surface area contributed by atoms with Crippen molar-refractivity contribution in [3.8, 4) is 11.4 Å². The second-order valence-electron chi connectivity index (χ2n) is 7.10. The van der Waals surface area contributed by atoms with Crippen LogP contribution >= 0.6 is 23.5 Å². The van der Waals surface area contributed by atoms with E-state index in [-0.39, 0.29) is 22.2 Å². The number of halogens is 2. The molecule has 1 atom stereocenters. The van der Waals surface area contributed by atoms with Gasteiger partial charge in [-0.3, -0.25) is 14.2 Å². The molecule has 3 aromatic rings. The average Bonchev–Trinajstić information content (AvgIpc) is 3.15. The van der Waals surface area contributed by atoms with Crippen LogP contribution in [0.15, 0.2) is 57.3 Å². The largest absolute Gasteiger partial charge is 0.497 e. The summed E-state index contributed by atoms with van der Waals surface area (Å²) in [6.07, 6.45) is 0.666. The van der Waals surface area contributed by atoms with Crippen LogP contribution in [-0.2, 0) is 11.2 Å². The second-order valence-corrected chi connectivity index (χ2v) is 9.49. The summed E-state index contributed by atoms with van der Waals surface area (Å²) in [5.74, 6) is -1.55. The van der Waals surface area contributed by atoms with E-state index in [1.807, 2.05) is 6.92 Å². The zero-order chi connectivity index (χ0) is 22.8. The lowest BCUT2D eigenvalue weighted by Crippen LogP contribution is -2.24. The van der Waals surface area contributed by atoms with Gasteiger partial charge in [0.25, 0.3) is 5.56 Å². The number of amides is 1. The first-order valence-corrected chi connectivity index (χ1v) is 11.6. The Morgan fingerprint density at radius 1 is 1.28 bits per heavy atom. The van der Waals surface area contributed by atoms with E-state index in [1.54, 1.807) is 31.4 Å². The predicted octanol–water partition coefficient (Wildman–Crippen LogP) is 4.29. The fourth-order valence-electron chi connectivity index (χ4n) is 3.26. The maximum absolute atomic E-state index is 13.8. The first-order valence-electron chi connectivity index (χ1n) is 9.70.